The normalized spacial score (nSPS) is 10.6. The van der Waals surface area contributed by atoms with Gasteiger partial charge in [-0.05, 0) is 18.6 Å². The quantitative estimate of drug-likeness (QED) is 0.906. The van der Waals surface area contributed by atoms with Crippen molar-refractivity contribution in [2.45, 2.75) is 26.7 Å². The number of para-hydroxylation sites is 1. The Morgan fingerprint density at radius 1 is 1.16 bits per heavy atom. The van der Waals surface area contributed by atoms with Gasteiger partial charge in [0.1, 0.15) is 17.4 Å². The van der Waals surface area contributed by atoms with Crippen molar-refractivity contribution in [1.82, 2.24) is 9.97 Å². The summed E-state index contributed by atoms with van der Waals surface area (Å²) in [5.74, 6) is 3.18. The summed E-state index contributed by atoms with van der Waals surface area (Å²) >= 11 is 0. The van der Waals surface area contributed by atoms with E-state index >= 15 is 0 Å². The van der Waals surface area contributed by atoms with Crippen LogP contribution in [0.3, 0.4) is 0 Å². The van der Waals surface area contributed by atoms with Gasteiger partial charge in [0.05, 0.1) is 0 Å². The summed E-state index contributed by atoms with van der Waals surface area (Å²) in [5, 5.41) is 3.03. The molecule has 0 amide bonds. The molecule has 0 saturated carbocycles. The monoisotopic (exact) mass is 257 g/mol. The van der Waals surface area contributed by atoms with Gasteiger partial charge in [-0.15, -0.1) is 0 Å². The Labute approximate surface area is 113 Å². The molecule has 0 unspecified atom stereocenters. The van der Waals surface area contributed by atoms with Crippen molar-refractivity contribution in [3.05, 3.63) is 41.7 Å². The van der Waals surface area contributed by atoms with E-state index in [1.54, 1.807) is 6.07 Å². The summed E-state index contributed by atoms with van der Waals surface area (Å²) in [6.07, 6.45) is 0. The van der Waals surface area contributed by atoms with Crippen LogP contribution in [-0.4, -0.2) is 17.0 Å². The summed E-state index contributed by atoms with van der Waals surface area (Å²) < 4.78 is 5.85. The second-order valence-electron chi connectivity index (χ2n) is 4.72. The molecule has 0 aliphatic heterocycles. The van der Waals surface area contributed by atoms with Crippen LogP contribution in [0.25, 0.3) is 0 Å². The molecule has 0 aliphatic rings. The minimum absolute atomic E-state index is 0.257. The highest BCUT2D eigenvalue weighted by atomic mass is 16.5. The fraction of sp³-hybridized carbons (Fsp3) is 0.333. The summed E-state index contributed by atoms with van der Waals surface area (Å²) in [7, 11) is 1.84. The van der Waals surface area contributed by atoms with E-state index in [1.807, 2.05) is 38.2 Å². The lowest BCUT2D eigenvalue weighted by Gasteiger charge is -2.11. The van der Waals surface area contributed by atoms with Gasteiger partial charge < -0.3 is 10.1 Å². The standard InChI is InChI=1S/C15H19N3O/c1-10(2)15-17-13(16-4)9-14(18-15)19-12-8-6-5-7-11(12)3/h5-10H,1-4H3,(H,16,17,18). The molecule has 100 valence electrons. The lowest BCUT2D eigenvalue weighted by atomic mass is 10.2. The molecule has 0 atom stereocenters. The first-order valence-electron chi connectivity index (χ1n) is 6.40. The van der Waals surface area contributed by atoms with Crippen LogP contribution < -0.4 is 10.1 Å². The molecule has 0 aliphatic carbocycles. The average Bonchev–Trinajstić information content (AvgIpc) is 2.41. The van der Waals surface area contributed by atoms with Crippen LogP contribution in [0.5, 0.6) is 11.6 Å². The van der Waals surface area contributed by atoms with E-state index in [-0.39, 0.29) is 5.92 Å². The molecule has 1 aromatic carbocycles. The highest BCUT2D eigenvalue weighted by Gasteiger charge is 2.09. The summed E-state index contributed by atoms with van der Waals surface area (Å²) in [5.41, 5.74) is 1.08. The zero-order valence-corrected chi connectivity index (χ0v) is 11.8. The van der Waals surface area contributed by atoms with E-state index in [0.717, 1.165) is 23.0 Å². The predicted octanol–water partition coefficient (Wildman–Crippen LogP) is 3.74. The summed E-state index contributed by atoms with van der Waals surface area (Å²) in [6.45, 7) is 6.14. The third-order valence-corrected chi connectivity index (χ3v) is 2.80. The van der Waals surface area contributed by atoms with Crippen LogP contribution in [0.2, 0.25) is 0 Å². The van der Waals surface area contributed by atoms with E-state index < -0.39 is 0 Å². The number of hydrogen-bond donors (Lipinski definition) is 1. The van der Waals surface area contributed by atoms with Crippen LogP contribution in [0, 0.1) is 6.92 Å². The van der Waals surface area contributed by atoms with Crippen molar-refractivity contribution in [3.8, 4) is 11.6 Å². The van der Waals surface area contributed by atoms with Crippen LogP contribution in [0.15, 0.2) is 30.3 Å². The van der Waals surface area contributed by atoms with Crippen LogP contribution in [0.4, 0.5) is 5.82 Å². The number of benzene rings is 1. The molecule has 1 heterocycles. The molecule has 0 radical (unpaired) electrons. The topological polar surface area (TPSA) is 47.0 Å². The molecular weight excluding hydrogens is 238 g/mol. The van der Waals surface area contributed by atoms with Crippen molar-refractivity contribution in [3.63, 3.8) is 0 Å². The lowest BCUT2D eigenvalue weighted by molar-refractivity contribution is 0.454. The molecule has 1 N–H and O–H groups in total. The Morgan fingerprint density at radius 3 is 2.53 bits per heavy atom. The first-order chi connectivity index (χ1) is 9.10. The highest BCUT2D eigenvalue weighted by Crippen LogP contribution is 2.25. The number of anilines is 1. The van der Waals surface area contributed by atoms with Gasteiger partial charge in [0, 0.05) is 19.0 Å². The molecule has 19 heavy (non-hydrogen) atoms. The lowest BCUT2D eigenvalue weighted by Crippen LogP contribution is -2.03. The third kappa shape index (κ3) is 3.22. The maximum Gasteiger partial charge on any atom is 0.224 e. The van der Waals surface area contributed by atoms with E-state index in [2.05, 4.69) is 29.1 Å². The van der Waals surface area contributed by atoms with E-state index in [1.165, 1.54) is 0 Å². The third-order valence-electron chi connectivity index (χ3n) is 2.80. The van der Waals surface area contributed by atoms with Gasteiger partial charge >= 0.3 is 0 Å². The van der Waals surface area contributed by atoms with Crippen molar-refractivity contribution >= 4 is 5.82 Å². The smallest absolute Gasteiger partial charge is 0.224 e. The molecule has 4 nitrogen and oxygen atoms in total. The van der Waals surface area contributed by atoms with E-state index in [4.69, 9.17) is 4.74 Å². The summed E-state index contributed by atoms with van der Waals surface area (Å²) in [6, 6.07) is 9.69. The number of nitrogens with one attached hydrogen (secondary N) is 1. The Balaban J connectivity index is 2.34. The largest absolute Gasteiger partial charge is 0.439 e. The van der Waals surface area contributed by atoms with Crippen molar-refractivity contribution < 1.29 is 4.74 Å². The van der Waals surface area contributed by atoms with Crippen LogP contribution in [0.1, 0.15) is 31.2 Å². The first-order valence-corrected chi connectivity index (χ1v) is 6.40. The fourth-order valence-electron chi connectivity index (χ4n) is 1.66. The first kappa shape index (κ1) is 13.3. The van der Waals surface area contributed by atoms with Gasteiger partial charge in [0.15, 0.2) is 0 Å². The Morgan fingerprint density at radius 2 is 1.89 bits per heavy atom. The van der Waals surface area contributed by atoms with Crippen molar-refractivity contribution in [1.29, 1.82) is 0 Å². The molecule has 2 aromatic rings. The number of nitrogens with zero attached hydrogens (tertiary/aromatic N) is 2. The van der Waals surface area contributed by atoms with Crippen molar-refractivity contribution in [2.75, 3.05) is 12.4 Å². The summed E-state index contributed by atoms with van der Waals surface area (Å²) in [4.78, 5) is 8.86. The average molecular weight is 257 g/mol. The Hall–Kier alpha value is -2.10. The van der Waals surface area contributed by atoms with Gasteiger partial charge in [0.25, 0.3) is 0 Å². The molecule has 0 fully saturated rings. The number of rotatable bonds is 4. The van der Waals surface area contributed by atoms with Crippen molar-refractivity contribution in [2.24, 2.45) is 0 Å². The Kier molecular flexibility index (Phi) is 4.00. The Bertz CT molecular complexity index is 567. The number of aryl methyl sites for hydroxylation is 1. The predicted molar refractivity (Wildman–Crippen MR) is 76.9 cm³/mol. The second kappa shape index (κ2) is 5.69. The highest BCUT2D eigenvalue weighted by molar-refractivity contribution is 5.41. The van der Waals surface area contributed by atoms with Gasteiger partial charge in [-0.3, -0.25) is 0 Å². The number of hydrogen-bond acceptors (Lipinski definition) is 4. The van der Waals surface area contributed by atoms with Gasteiger partial charge in [-0.1, -0.05) is 32.0 Å². The molecule has 0 saturated heterocycles. The SMILES string of the molecule is CNc1cc(Oc2ccccc2C)nc(C(C)C)n1. The molecule has 1 aromatic heterocycles. The molecule has 2 rings (SSSR count). The van der Waals surface area contributed by atoms with Crippen LogP contribution in [-0.2, 0) is 0 Å². The molecular formula is C15H19N3O. The maximum absolute atomic E-state index is 5.85. The van der Waals surface area contributed by atoms with Crippen LogP contribution >= 0.6 is 0 Å². The minimum Gasteiger partial charge on any atom is -0.439 e. The second-order valence-corrected chi connectivity index (χ2v) is 4.72. The number of aromatic nitrogens is 2. The zero-order chi connectivity index (χ0) is 13.8. The number of ether oxygens (including phenoxy) is 1. The van der Waals surface area contributed by atoms with Gasteiger partial charge in [-0.25, -0.2) is 4.98 Å². The van der Waals surface area contributed by atoms with E-state index in [0.29, 0.717) is 5.88 Å². The molecule has 0 spiro atoms. The molecule has 4 heteroatoms. The van der Waals surface area contributed by atoms with Gasteiger partial charge in [0.2, 0.25) is 5.88 Å². The molecule has 0 bridgehead atoms. The minimum atomic E-state index is 0.257. The van der Waals surface area contributed by atoms with Gasteiger partial charge in [-0.2, -0.15) is 4.98 Å². The zero-order valence-electron chi connectivity index (χ0n) is 11.8. The van der Waals surface area contributed by atoms with E-state index in [9.17, 15) is 0 Å². The maximum atomic E-state index is 5.85. The fourth-order valence-corrected chi connectivity index (χ4v) is 1.66.